The van der Waals surface area contributed by atoms with Crippen LogP contribution >= 0.6 is 11.6 Å². The summed E-state index contributed by atoms with van der Waals surface area (Å²) in [6.07, 6.45) is 0. The van der Waals surface area contributed by atoms with E-state index in [-0.39, 0.29) is 17.0 Å². The third kappa shape index (κ3) is 4.28. The Kier molecular flexibility index (Phi) is 5.40. The molecule has 0 unspecified atom stereocenters. The Morgan fingerprint density at radius 1 is 1.23 bits per heavy atom. The summed E-state index contributed by atoms with van der Waals surface area (Å²) in [5.41, 5.74) is 0.142. The SMILES string of the molecule is C[C@H]1COCCN1c1cc(CS(=O)(=O)c2cc(F)cc(F)c2)nc(Cl)n1. The molecule has 0 radical (unpaired) electrons. The second kappa shape index (κ2) is 7.42. The monoisotopic (exact) mass is 403 g/mol. The lowest BCUT2D eigenvalue weighted by Gasteiger charge is -2.34. The predicted molar refractivity (Wildman–Crippen MR) is 91.9 cm³/mol. The number of nitrogens with zero attached hydrogens (tertiary/aromatic N) is 3. The van der Waals surface area contributed by atoms with Crippen molar-refractivity contribution in [2.75, 3.05) is 24.7 Å². The number of aromatic nitrogens is 2. The first-order valence-electron chi connectivity index (χ1n) is 7.81. The van der Waals surface area contributed by atoms with Gasteiger partial charge >= 0.3 is 0 Å². The third-order valence-electron chi connectivity index (χ3n) is 3.93. The number of anilines is 1. The Morgan fingerprint density at radius 3 is 2.58 bits per heavy atom. The molecular weight excluding hydrogens is 388 g/mol. The lowest BCUT2D eigenvalue weighted by atomic mass is 10.2. The molecule has 6 nitrogen and oxygen atoms in total. The second-order valence-electron chi connectivity index (χ2n) is 5.97. The number of sulfone groups is 1. The normalized spacial score (nSPS) is 18.2. The molecule has 0 saturated carbocycles. The summed E-state index contributed by atoms with van der Waals surface area (Å²) in [6.45, 7) is 3.55. The maximum Gasteiger partial charge on any atom is 0.224 e. The summed E-state index contributed by atoms with van der Waals surface area (Å²) in [5.74, 6) is -2.00. The lowest BCUT2D eigenvalue weighted by Crippen LogP contribution is -2.44. The van der Waals surface area contributed by atoms with Gasteiger partial charge in [0.1, 0.15) is 17.5 Å². The van der Waals surface area contributed by atoms with Gasteiger partial charge in [0.2, 0.25) is 5.28 Å². The van der Waals surface area contributed by atoms with Gasteiger partial charge in [0.15, 0.2) is 9.84 Å². The van der Waals surface area contributed by atoms with Crippen LogP contribution in [0.2, 0.25) is 5.28 Å². The van der Waals surface area contributed by atoms with Crippen LogP contribution in [0.4, 0.5) is 14.6 Å². The summed E-state index contributed by atoms with van der Waals surface area (Å²) in [7, 11) is -4.01. The highest BCUT2D eigenvalue weighted by molar-refractivity contribution is 7.90. The molecule has 1 aromatic heterocycles. The van der Waals surface area contributed by atoms with Crippen LogP contribution < -0.4 is 4.90 Å². The average molecular weight is 404 g/mol. The van der Waals surface area contributed by atoms with Crippen LogP contribution in [-0.2, 0) is 20.3 Å². The van der Waals surface area contributed by atoms with E-state index < -0.39 is 32.1 Å². The van der Waals surface area contributed by atoms with Gasteiger partial charge in [-0.15, -0.1) is 0 Å². The molecule has 1 aromatic carbocycles. The van der Waals surface area contributed by atoms with Crippen molar-refractivity contribution in [1.29, 1.82) is 0 Å². The largest absolute Gasteiger partial charge is 0.377 e. The fraction of sp³-hybridized carbons (Fsp3) is 0.375. The maximum atomic E-state index is 13.3. The first-order valence-corrected chi connectivity index (χ1v) is 9.84. The molecule has 0 amide bonds. The van der Waals surface area contributed by atoms with Gasteiger partial charge in [-0.1, -0.05) is 0 Å². The van der Waals surface area contributed by atoms with Gasteiger partial charge in [0.25, 0.3) is 0 Å². The number of ether oxygens (including phenoxy) is 1. The highest BCUT2D eigenvalue weighted by Crippen LogP contribution is 2.23. The fourth-order valence-corrected chi connectivity index (χ4v) is 4.21. The minimum absolute atomic E-state index is 0.0384. The number of rotatable bonds is 4. The van der Waals surface area contributed by atoms with Gasteiger partial charge in [-0.2, -0.15) is 0 Å². The van der Waals surface area contributed by atoms with E-state index in [9.17, 15) is 17.2 Å². The molecule has 3 rings (SSSR count). The van der Waals surface area contributed by atoms with Gasteiger partial charge in [0, 0.05) is 18.7 Å². The molecule has 0 spiro atoms. The smallest absolute Gasteiger partial charge is 0.224 e. The standard InChI is InChI=1S/C16H16ClF2N3O3S/c1-10-8-25-3-2-22(10)15-7-13(20-16(17)21-15)9-26(23,24)14-5-11(18)4-12(19)6-14/h4-7,10H,2-3,8-9H2,1H3/t10-/m0/s1. The summed E-state index contributed by atoms with van der Waals surface area (Å²) >= 11 is 5.95. The Balaban J connectivity index is 1.92. The molecule has 140 valence electrons. The van der Waals surface area contributed by atoms with Crippen molar-refractivity contribution >= 4 is 27.3 Å². The Labute approximate surface area is 154 Å². The van der Waals surface area contributed by atoms with E-state index in [1.165, 1.54) is 6.07 Å². The molecule has 26 heavy (non-hydrogen) atoms. The van der Waals surface area contributed by atoms with Crippen LogP contribution in [0, 0.1) is 11.6 Å². The van der Waals surface area contributed by atoms with Crippen LogP contribution in [-0.4, -0.2) is 44.2 Å². The van der Waals surface area contributed by atoms with Crippen LogP contribution in [0.5, 0.6) is 0 Å². The molecule has 1 aliphatic heterocycles. The predicted octanol–water partition coefficient (Wildman–Crippen LogP) is 2.61. The maximum absolute atomic E-state index is 13.3. The molecule has 2 heterocycles. The van der Waals surface area contributed by atoms with E-state index in [0.29, 0.717) is 31.6 Å². The minimum atomic E-state index is -4.01. The molecular formula is C16H16ClF2N3O3S. The average Bonchev–Trinajstić information content (AvgIpc) is 2.53. The lowest BCUT2D eigenvalue weighted by molar-refractivity contribution is 0.0985. The third-order valence-corrected chi connectivity index (χ3v) is 5.73. The first kappa shape index (κ1) is 18.9. The zero-order valence-corrected chi connectivity index (χ0v) is 15.4. The molecule has 1 atom stereocenters. The number of morpholine rings is 1. The van der Waals surface area contributed by atoms with Gasteiger partial charge in [-0.05, 0) is 30.7 Å². The first-order chi connectivity index (χ1) is 12.2. The van der Waals surface area contributed by atoms with Crippen molar-refractivity contribution in [2.24, 2.45) is 0 Å². The fourth-order valence-electron chi connectivity index (χ4n) is 2.73. The van der Waals surface area contributed by atoms with Crippen LogP contribution in [0.15, 0.2) is 29.2 Å². The number of hydrogen-bond acceptors (Lipinski definition) is 6. The quantitative estimate of drug-likeness (QED) is 0.731. The van der Waals surface area contributed by atoms with E-state index in [1.54, 1.807) is 0 Å². The van der Waals surface area contributed by atoms with Crippen molar-refractivity contribution in [3.05, 3.63) is 46.9 Å². The molecule has 0 bridgehead atoms. The summed E-state index contributed by atoms with van der Waals surface area (Å²) in [5, 5.41) is -0.100. The molecule has 1 fully saturated rings. The van der Waals surface area contributed by atoms with E-state index in [2.05, 4.69) is 9.97 Å². The Bertz CT molecular complexity index is 907. The summed E-state index contributed by atoms with van der Waals surface area (Å²) < 4.78 is 57.1. The molecule has 1 saturated heterocycles. The van der Waals surface area contributed by atoms with E-state index >= 15 is 0 Å². The highest BCUT2D eigenvalue weighted by Gasteiger charge is 2.23. The number of benzene rings is 1. The highest BCUT2D eigenvalue weighted by atomic mass is 35.5. The second-order valence-corrected chi connectivity index (χ2v) is 8.30. The number of hydrogen-bond donors (Lipinski definition) is 0. The van der Waals surface area contributed by atoms with Crippen LogP contribution in [0.1, 0.15) is 12.6 Å². The molecule has 0 N–H and O–H groups in total. The van der Waals surface area contributed by atoms with Crippen LogP contribution in [0.25, 0.3) is 0 Å². The van der Waals surface area contributed by atoms with Crippen molar-refractivity contribution in [3.63, 3.8) is 0 Å². The van der Waals surface area contributed by atoms with Gasteiger partial charge in [-0.3, -0.25) is 0 Å². The van der Waals surface area contributed by atoms with Crippen molar-refractivity contribution in [2.45, 2.75) is 23.6 Å². The van der Waals surface area contributed by atoms with E-state index in [0.717, 1.165) is 12.1 Å². The van der Waals surface area contributed by atoms with Crippen LogP contribution in [0.3, 0.4) is 0 Å². The topological polar surface area (TPSA) is 72.4 Å². The van der Waals surface area contributed by atoms with Gasteiger partial charge in [0.05, 0.1) is 35.6 Å². The zero-order chi connectivity index (χ0) is 18.9. The summed E-state index contributed by atoms with van der Waals surface area (Å²) in [6, 6.07) is 3.70. The van der Waals surface area contributed by atoms with Crippen molar-refractivity contribution in [1.82, 2.24) is 9.97 Å². The molecule has 0 aliphatic carbocycles. The molecule has 1 aliphatic rings. The van der Waals surface area contributed by atoms with Crippen molar-refractivity contribution in [3.8, 4) is 0 Å². The van der Waals surface area contributed by atoms with Crippen molar-refractivity contribution < 1.29 is 21.9 Å². The van der Waals surface area contributed by atoms with E-state index in [4.69, 9.17) is 16.3 Å². The number of halogens is 3. The summed E-state index contributed by atoms with van der Waals surface area (Å²) in [4.78, 5) is 9.57. The van der Waals surface area contributed by atoms with Gasteiger partial charge < -0.3 is 9.64 Å². The zero-order valence-electron chi connectivity index (χ0n) is 13.8. The van der Waals surface area contributed by atoms with Gasteiger partial charge in [-0.25, -0.2) is 27.2 Å². The Hall–Kier alpha value is -1.84. The Morgan fingerprint density at radius 2 is 1.92 bits per heavy atom. The van der Waals surface area contributed by atoms with E-state index in [1.807, 2.05) is 11.8 Å². The molecule has 2 aromatic rings. The molecule has 10 heteroatoms. The minimum Gasteiger partial charge on any atom is -0.377 e.